The minimum Gasteiger partial charge on any atom is -0.313 e. The standard InChI is InChI=1S/C16H30N4S/c1-3-9-17-14(12-21-15-7-5-6-8-15)11-16-18-13-19-20(16)10-4-2/h13-15,17H,3-12H2,1-2H3. The van der Waals surface area contributed by atoms with Gasteiger partial charge < -0.3 is 5.32 Å². The Hall–Kier alpha value is -0.550. The van der Waals surface area contributed by atoms with Crippen LogP contribution in [0.2, 0.25) is 0 Å². The molecule has 0 bridgehead atoms. The van der Waals surface area contributed by atoms with E-state index in [2.05, 4.69) is 45.7 Å². The summed E-state index contributed by atoms with van der Waals surface area (Å²) in [4.78, 5) is 4.47. The van der Waals surface area contributed by atoms with Gasteiger partial charge in [-0.2, -0.15) is 16.9 Å². The predicted octanol–water partition coefficient (Wildman–Crippen LogP) is 3.27. The van der Waals surface area contributed by atoms with E-state index in [1.165, 1.54) is 37.9 Å². The molecule has 0 amide bonds. The molecule has 1 aromatic rings. The van der Waals surface area contributed by atoms with Gasteiger partial charge in [0.05, 0.1) is 0 Å². The van der Waals surface area contributed by atoms with Crippen molar-refractivity contribution in [3.8, 4) is 0 Å². The fourth-order valence-electron chi connectivity index (χ4n) is 2.91. The number of aryl methyl sites for hydroxylation is 1. The van der Waals surface area contributed by atoms with E-state index < -0.39 is 0 Å². The van der Waals surface area contributed by atoms with Crippen LogP contribution >= 0.6 is 11.8 Å². The van der Waals surface area contributed by atoms with Gasteiger partial charge in [-0.05, 0) is 32.2 Å². The molecule has 1 heterocycles. The third-order valence-electron chi connectivity index (χ3n) is 4.08. The second-order valence-corrected chi connectivity index (χ2v) is 7.33. The van der Waals surface area contributed by atoms with Gasteiger partial charge in [-0.15, -0.1) is 0 Å². The van der Waals surface area contributed by atoms with Crippen molar-refractivity contribution in [2.24, 2.45) is 0 Å². The Morgan fingerprint density at radius 2 is 2.14 bits per heavy atom. The Balaban J connectivity index is 1.86. The number of aromatic nitrogens is 3. The molecule has 1 saturated carbocycles. The molecule has 120 valence electrons. The number of thioether (sulfide) groups is 1. The van der Waals surface area contributed by atoms with Crippen molar-refractivity contribution in [3.05, 3.63) is 12.2 Å². The average molecular weight is 311 g/mol. The first-order valence-corrected chi connectivity index (χ1v) is 9.60. The van der Waals surface area contributed by atoms with E-state index in [-0.39, 0.29) is 0 Å². The third kappa shape index (κ3) is 5.62. The summed E-state index contributed by atoms with van der Waals surface area (Å²) in [5, 5.41) is 8.94. The lowest BCUT2D eigenvalue weighted by atomic mass is 10.2. The van der Waals surface area contributed by atoms with E-state index in [1.807, 2.05) is 0 Å². The molecule has 1 fully saturated rings. The lowest BCUT2D eigenvalue weighted by Gasteiger charge is -2.20. The van der Waals surface area contributed by atoms with Crippen LogP contribution in [-0.4, -0.2) is 38.4 Å². The van der Waals surface area contributed by atoms with Crippen LogP contribution in [0.25, 0.3) is 0 Å². The number of hydrogen-bond donors (Lipinski definition) is 1. The van der Waals surface area contributed by atoms with Crippen LogP contribution in [0.4, 0.5) is 0 Å². The summed E-state index contributed by atoms with van der Waals surface area (Å²) in [7, 11) is 0. The second kappa shape index (κ2) is 9.46. The average Bonchev–Trinajstić information content (AvgIpc) is 3.14. The van der Waals surface area contributed by atoms with Crippen LogP contribution < -0.4 is 5.32 Å². The van der Waals surface area contributed by atoms with Gasteiger partial charge in [0.2, 0.25) is 0 Å². The first-order valence-electron chi connectivity index (χ1n) is 8.55. The molecule has 0 aliphatic heterocycles. The zero-order valence-corrected chi connectivity index (χ0v) is 14.4. The summed E-state index contributed by atoms with van der Waals surface area (Å²) in [6.07, 6.45) is 10.7. The Labute approximate surface area is 133 Å². The van der Waals surface area contributed by atoms with Gasteiger partial charge in [0.25, 0.3) is 0 Å². The van der Waals surface area contributed by atoms with E-state index in [1.54, 1.807) is 6.33 Å². The lowest BCUT2D eigenvalue weighted by molar-refractivity contribution is 0.503. The molecule has 1 N–H and O–H groups in total. The van der Waals surface area contributed by atoms with E-state index in [4.69, 9.17) is 0 Å². The SMILES string of the molecule is CCCNC(CSC1CCCC1)Cc1ncnn1CCC. The zero-order valence-electron chi connectivity index (χ0n) is 13.6. The van der Waals surface area contributed by atoms with Crippen molar-refractivity contribution in [2.75, 3.05) is 12.3 Å². The highest BCUT2D eigenvalue weighted by atomic mass is 32.2. The van der Waals surface area contributed by atoms with E-state index in [0.29, 0.717) is 6.04 Å². The van der Waals surface area contributed by atoms with Crippen LogP contribution in [0.1, 0.15) is 58.2 Å². The summed E-state index contributed by atoms with van der Waals surface area (Å²) >= 11 is 2.16. The lowest BCUT2D eigenvalue weighted by Crippen LogP contribution is -2.35. The maximum atomic E-state index is 4.47. The van der Waals surface area contributed by atoms with Crippen molar-refractivity contribution in [1.29, 1.82) is 0 Å². The highest BCUT2D eigenvalue weighted by molar-refractivity contribution is 7.99. The molecule has 0 saturated heterocycles. The summed E-state index contributed by atoms with van der Waals surface area (Å²) in [6, 6.07) is 0.523. The largest absolute Gasteiger partial charge is 0.313 e. The van der Waals surface area contributed by atoms with Gasteiger partial charge in [0.1, 0.15) is 12.2 Å². The molecule has 4 nitrogen and oxygen atoms in total. The van der Waals surface area contributed by atoms with E-state index >= 15 is 0 Å². The van der Waals surface area contributed by atoms with Crippen molar-refractivity contribution in [2.45, 2.75) is 76.6 Å². The molecule has 1 aliphatic rings. The van der Waals surface area contributed by atoms with Gasteiger partial charge in [-0.1, -0.05) is 26.7 Å². The summed E-state index contributed by atoms with van der Waals surface area (Å²) in [6.45, 7) is 6.49. The maximum Gasteiger partial charge on any atom is 0.138 e. The molecule has 1 unspecified atom stereocenters. The van der Waals surface area contributed by atoms with Crippen molar-refractivity contribution < 1.29 is 0 Å². The summed E-state index contributed by atoms with van der Waals surface area (Å²) < 4.78 is 2.07. The van der Waals surface area contributed by atoms with Gasteiger partial charge in [-0.25, -0.2) is 4.98 Å². The third-order valence-corrected chi connectivity index (χ3v) is 5.62. The number of nitrogens with one attached hydrogen (secondary N) is 1. The van der Waals surface area contributed by atoms with Gasteiger partial charge in [-0.3, -0.25) is 4.68 Å². The van der Waals surface area contributed by atoms with Crippen LogP contribution in [-0.2, 0) is 13.0 Å². The molecule has 21 heavy (non-hydrogen) atoms. The molecule has 2 rings (SSSR count). The van der Waals surface area contributed by atoms with Crippen LogP contribution in [0, 0.1) is 0 Å². The monoisotopic (exact) mass is 310 g/mol. The highest BCUT2D eigenvalue weighted by Gasteiger charge is 2.19. The molecular formula is C16H30N4S. The first kappa shape index (κ1) is 16.8. The predicted molar refractivity (Wildman–Crippen MR) is 90.8 cm³/mol. The fraction of sp³-hybridized carbons (Fsp3) is 0.875. The van der Waals surface area contributed by atoms with Gasteiger partial charge in [0, 0.05) is 30.0 Å². The molecule has 0 spiro atoms. The maximum absolute atomic E-state index is 4.47. The number of rotatable bonds is 10. The van der Waals surface area contributed by atoms with Crippen LogP contribution in [0.5, 0.6) is 0 Å². The molecule has 0 aromatic carbocycles. The first-order chi connectivity index (χ1) is 10.3. The highest BCUT2D eigenvalue weighted by Crippen LogP contribution is 2.29. The van der Waals surface area contributed by atoms with Crippen LogP contribution in [0.3, 0.4) is 0 Å². The molecule has 1 aromatic heterocycles. The van der Waals surface area contributed by atoms with Gasteiger partial charge in [0.15, 0.2) is 0 Å². The van der Waals surface area contributed by atoms with Crippen molar-refractivity contribution in [3.63, 3.8) is 0 Å². The molecule has 0 radical (unpaired) electrons. The second-order valence-electron chi connectivity index (χ2n) is 5.99. The normalized spacial score (nSPS) is 17.4. The quantitative estimate of drug-likeness (QED) is 0.720. The minimum absolute atomic E-state index is 0.523. The number of nitrogens with zero attached hydrogens (tertiary/aromatic N) is 3. The van der Waals surface area contributed by atoms with E-state index in [0.717, 1.165) is 37.0 Å². The molecule has 5 heteroatoms. The molecule has 1 atom stereocenters. The van der Waals surface area contributed by atoms with E-state index in [9.17, 15) is 0 Å². The molecular weight excluding hydrogens is 280 g/mol. The fourth-order valence-corrected chi connectivity index (χ4v) is 4.32. The van der Waals surface area contributed by atoms with Crippen LogP contribution in [0.15, 0.2) is 6.33 Å². The summed E-state index contributed by atoms with van der Waals surface area (Å²) in [5.74, 6) is 2.33. The summed E-state index contributed by atoms with van der Waals surface area (Å²) in [5.41, 5.74) is 0. The number of hydrogen-bond acceptors (Lipinski definition) is 4. The Morgan fingerprint density at radius 1 is 1.33 bits per heavy atom. The topological polar surface area (TPSA) is 42.7 Å². The smallest absolute Gasteiger partial charge is 0.138 e. The molecule has 1 aliphatic carbocycles. The van der Waals surface area contributed by atoms with Gasteiger partial charge >= 0.3 is 0 Å². The Kier molecular flexibility index (Phi) is 7.58. The Morgan fingerprint density at radius 3 is 2.86 bits per heavy atom. The zero-order chi connectivity index (χ0) is 14.9. The minimum atomic E-state index is 0.523. The Bertz CT molecular complexity index is 387. The van der Waals surface area contributed by atoms with Crippen molar-refractivity contribution >= 4 is 11.8 Å². The van der Waals surface area contributed by atoms with Crippen molar-refractivity contribution in [1.82, 2.24) is 20.1 Å².